The van der Waals surface area contributed by atoms with Crippen LogP contribution in [0.2, 0.25) is 4.34 Å². The molecular weight excluding hydrogens is 300 g/mol. The number of aromatic nitrogens is 1. The molecule has 0 spiro atoms. The number of halogens is 1. The molecule has 0 aliphatic rings. The molecule has 104 valence electrons. The molecule has 0 bridgehead atoms. The van der Waals surface area contributed by atoms with E-state index in [-0.39, 0.29) is 17.3 Å². The summed E-state index contributed by atoms with van der Waals surface area (Å²) in [5.74, 6) is -1.50. The van der Waals surface area contributed by atoms with E-state index >= 15 is 0 Å². The summed E-state index contributed by atoms with van der Waals surface area (Å²) in [4.78, 5) is 29.3. The quantitative estimate of drug-likeness (QED) is 0.942. The van der Waals surface area contributed by atoms with E-state index in [0.29, 0.717) is 10.9 Å². The predicted molar refractivity (Wildman–Crippen MR) is 76.3 cm³/mol. The van der Waals surface area contributed by atoms with Gasteiger partial charge in [-0.3, -0.25) is 4.79 Å². The summed E-state index contributed by atoms with van der Waals surface area (Å²) in [7, 11) is 1.63. The van der Waals surface area contributed by atoms with Crippen molar-refractivity contribution in [3.8, 4) is 0 Å². The van der Waals surface area contributed by atoms with Gasteiger partial charge in [0.25, 0.3) is 5.91 Å². The first-order valence-electron chi connectivity index (χ1n) is 5.67. The number of thiophene rings is 1. The van der Waals surface area contributed by atoms with Crippen LogP contribution in [0.25, 0.3) is 0 Å². The molecule has 0 atom stereocenters. The lowest BCUT2D eigenvalue weighted by molar-refractivity contribution is 0.0690. The Kier molecular flexibility index (Phi) is 4.36. The highest BCUT2D eigenvalue weighted by molar-refractivity contribution is 7.16. The Hall–Kier alpha value is -1.92. The van der Waals surface area contributed by atoms with Gasteiger partial charge in [-0.15, -0.1) is 11.3 Å². The summed E-state index contributed by atoms with van der Waals surface area (Å²) in [6.45, 7) is 0.398. The van der Waals surface area contributed by atoms with E-state index in [1.165, 1.54) is 34.4 Å². The van der Waals surface area contributed by atoms with Crippen LogP contribution in [0.5, 0.6) is 0 Å². The smallest absolute Gasteiger partial charge is 0.354 e. The highest BCUT2D eigenvalue weighted by Crippen LogP contribution is 2.22. The number of pyridine rings is 1. The van der Waals surface area contributed by atoms with E-state index in [1.54, 1.807) is 13.1 Å². The first kappa shape index (κ1) is 14.5. The van der Waals surface area contributed by atoms with Crippen LogP contribution in [0.3, 0.4) is 0 Å². The number of nitrogens with zero attached hydrogens (tertiary/aromatic N) is 2. The number of carbonyl (C=O) groups is 2. The number of hydrogen-bond acceptors (Lipinski definition) is 4. The lowest BCUT2D eigenvalue weighted by atomic mass is 10.2. The Morgan fingerprint density at radius 2 is 2.00 bits per heavy atom. The molecule has 0 unspecified atom stereocenters. The van der Waals surface area contributed by atoms with Gasteiger partial charge in [0.1, 0.15) is 11.4 Å². The zero-order valence-corrected chi connectivity index (χ0v) is 12.1. The number of amides is 1. The fourth-order valence-electron chi connectivity index (χ4n) is 1.61. The van der Waals surface area contributed by atoms with Gasteiger partial charge in [0.15, 0.2) is 0 Å². The molecule has 0 aromatic carbocycles. The van der Waals surface area contributed by atoms with Crippen molar-refractivity contribution in [1.82, 2.24) is 9.88 Å². The molecule has 2 heterocycles. The van der Waals surface area contributed by atoms with Crippen LogP contribution in [-0.2, 0) is 6.54 Å². The molecule has 0 saturated carbocycles. The third-order valence-electron chi connectivity index (χ3n) is 2.56. The Labute approximate surface area is 124 Å². The van der Waals surface area contributed by atoms with Crippen molar-refractivity contribution in [2.45, 2.75) is 6.54 Å². The topological polar surface area (TPSA) is 70.5 Å². The van der Waals surface area contributed by atoms with Gasteiger partial charge in [-0.2, -0.15) is 0 Å². The van der Waals surface area contributed by atoms with Gasteiger partial charge in [-0.05, 0) is 24.3 Å². The van der Waals surface area contributed by atoms with Crippen molar-refractivity contribution in [3.05, 3.63) is 50.9 Å². The third-order valence-corrected chi connectivity index (χ3v) is 3.77. The van der Waals surface area contributed by atoms with Crippen molar-refractivity contribution in [3.63, 3.8) is 0 Å². The zero-order valence-electron chi connectivity index (χ0n) is 10.5. The molecule has 0 aliphatic carbocycles. The molecule has 2 rings (SSSR count). The fraction of sp³-hybridized carbons (Fsp3) is 0.154. The van der Waals surface area contributed by atoms with Crippen molar-refractivity contribution in [1.29, 1.82) is 0 Å². The normalized spacial score (nSPS) is 10.3. The van der Waals surface area contributed by atoms with E-state index in [2.05, 4.69) is 4.98 Å². The van der Waals surface area contributed by atoms with Gasteiger partial charge >= 0.3 is 5.97 Å². The second kappa shape index (κ2) is 6.02. The highest BCUT2D eigenvalue weighted by Gasteiger charge is 2.16. The number of carboxylic acids is 1. The number of carboxylic acid groups (broad SMARTS) is 1. The summed E-state index contributed by atoms with van der Waals surface area (Å²) in [6.07, 6.45) is 0. The van der Waals surface area contributed by atoms with E-state index in [4.69, 9.17) is 16.7 Å². The molecule has 0 aliphatic heterocycles. The third kappa shape index (κ3) is 3.34. The highest BCUT2D eigenvalue weighted by atomic mass is 35.5. The number of aromatic carboxylic acids is 1. The maximum atomic E-state index is 12.2. The summed E-state index contributed by atoms with van der Waals surface area (Å²) in [5, 5.41) is 8.87. The molecule has 7 heteroatoms. The molecule has 2 aromatic heterocycles. The van der Waals surface area contributed by atoms with Crippen molar-refractivity contribution in [2.75, 3.05) is 7.05 Å². The van der Waals surface area contributed by atoms with Crippen LogP contribution in [-0.4, -0.2) is 33.9 Å². The van der Waals surface area contributed by atoms with E-state index in [1.807, 2.05) is 6.07 Å². The first-order chi connectivity index (χ1) is 9.47. The Bertz CT molecular complexity index is 657. The summed E-state index contributed by atoms with van der Waals surface area (Å²) < 4.78 is 0.659. The molecule has 5 nitrogen and oxygen atoms in total. The minimum atomic E-state index is -1.16. The Balaban J connectivity index is 2.14. The monoisotopic (exact) mass is 310 g/mol. The lowest BCUT2D eigenvalue weighted by Gasteiger charge is -2.15. The van der Waals surface area contributed by atoms with Crippen molar-refractivity contribution in [2.24, 2.45) is 0 Å². The Morgan fingerprint density at radius 3 is 2.60 bits per heavy atom. The summed E-state index contributed by atoms with van der Waals surface area (Å²) in [6, 6.07) is 7.95. The molecule has 0 saturated heterocycles. The second-order valence-corrected chi connectivity index (χ2v) is 5.88. The van der Waals surface area contributed by atoms with Gasteiger partial charge in [-0.25, -0.2) is 9.78 Å². The lowest BCUT2D eigenvalue weighted by Crippen LogP contribution is -2.27. The summed E-state index contributed by atoms with van der Waals surface area (Å²) >= 11 is 7.23. The summed E-state index contributed by atoms with van der Waals surface area (Å²) in [5.41, 5.74) is -0.0431. The van der Waals surface area contributed by atoms with E-state index in [0.717, 1.165) is 4.88 Å². The van der Waals surface area contributed by atoms with Crippen LogP contribution in [0.1, 0.15) is 25.9 Å². The van der Waals surface area contributed by atoms with Gasteiger partial charge in [-0.1, -0.05) is 17.7 Å². The number of hydrogen-bond donors (Lipinski definition) is 1. The second-order valence-electron chi connectivity index (χ2n) is 4.08. The average Bonchev–Trinajstić information content (AvgIpc) is 2.83. The maximum Gasteiger partial charge on any atom is 0.354 e. The molecule has 0 fully saturated rings. The molecule has 2 aromatic rings. The minimum Gasteiger partial charge on any atom is -0.477 e. The van der Waals surface area contributed by atoms with Crippen LogP contribution in [0.4, 0.5) is 0 Å². The van der Waals surface area contributed by atoms with Crippen molar-refractivity contribution < 1.29 is 14.7 Å². The van der Waals surface area contributed by atoms with E-state index < -0.39 is 5.97 Å². The van der Waals surface area contributed by atoms with Crippen LogP contribution < -0.4 is 0 Å². The first-order valence-corrected chi connectivity index (χ1v) is 6.87. The largest absolute Gasteiger partial charge is 0.477 e. The fourth-order valence-corrected chi connectivity index (χ4v) is 2.75. The molecule has 0 radical (unpaired) electrons. The number of rotatable bonds is 4. The SMILES string of the molecule is CN(Cc1ccc(Cl)s1)C(=O)c1cccc(C(=O)O)n1. The van der Waals surface area contributed by atoms with E-state index in [9.17, 15) is 9.59 Å². The molecular formula is C13H11ClN2O3S. The van der Waals surface area contributed by atoms with Gasteiger partial charge < -0.3 is 10.0 Å². The molecule has 20 heavy (non-hydrogen) atoms. The zero-order chi connectivity index (χ0) is 14.7. The molecule has 1 amide bonds. The molecule has 1 N–H and O–H groups in total. The van der Waals surface area contributed by atoms with Crippen LogP contribution >= 0.6 is 22.9 Å². The average molecular weight is 311 g/mol. The van der Waals surface area contributed by atoms with Crippen molar-refractivity contribution >= 4 is 34.8 Å². The van der Waals surface area contributed by atoms with Gasteiger partial charge in [0.2, 0.25) is 0 Å². The van der Waals surface area contributed by atoms with Gasteiger partial charge in [0, 0.05) is 11.9 Å². The predicted octanol–water partition coefficient (Wildman–Crippen LogP) is 2.77. The standard InChI is InChI=1S/C13H11ClN2O3S/c1-16(7-8-5-6-11(14)20-8)12(17)9-3-2-4-10(15-9)13(18)19/h2-6H,7H2,1H3,(H,18,19). The van der Waals surface area contributed by atoms with Crippen LogP contribution in [0, 0.1) is 0 Å². The number of carbonyl (C=O) groups excluding carboxylic acids is 1. The van der Waals surface area contributed by atoms with Gasteiger partial charge in [0.05, 0.1) is 10.9 Å². The Morgan fingerprint density at radius 1 is 1.30 bits per heavy atom. The van der Waals surface area contributed by atoms with Crippen LogP contribution in [0.15, 0.2) is 30.3 Å². The minimum absolute atomic E-state index is 0.107. The maximum absolute atomic E-state index is 12.2.